The van der Waals surface area contributed by atoms with Crippen LogP contribution in [0.2, 0.25) is 0 Å². The number of thiophene rings is 1. The van der Waals surface area contributed by atoms with Crippen molar-refractivity contribution in [1.29, 1.82) is 0 Å². The minimum Gasteiger partial charge on any atom is -0.494 e. The van der Waals surface area contributed by atoms with Crippen LogP contribution in [0.25, 0.3) is 0 Å². The van der Waals surface area contributed by atoms with Crippen LogP contribution in [0.15, 0.2) is 40.1 Å². The third kappa shape index (κ3) is 4.36. The molecule has 0 bridgehead atoms. The largest absolute Gasteiger partial charge is 0.494 e. The van der Waals surface area contributed by atoms with Crippen molar-refractivity contribution in [2.24, 2.45) is 4.99 Å². The van der Waals surface area contributed by atoms with E-state index in [2.05, 4.69) is 20.3 Å². The van der Waals surface area contributed by atoms with Crippen molar-refractivity contribution in [3.63, 3.8) is 0 Å². The fourth-order valence-corrected chi connectivity index (χ4v) is 3.81. The van der Waals surface area contributed by atoms with E-state index in [1.807, 2.05) is 6.07 Å². The molecule has 2 aromatic heterocycles. The van der Waals surface area contributed by atoms with Crippen LogP contribution in [0.5, 0.6) is 5.88 Å². The maximum atomic E-state index is 12.7. The third-order valence-electron chi connectivity index (χ3n) is 4.03. The van der Waals surface area contributed by atoms with Crippen molar-refractivity contribution in [3.05, 3.63) is 67.0 Å². The highest BCUT2D eigenvalue weighted by molar-refractivity contribution is 7.71. The number of methoxy groups -OCH3 is 1. The van der Waals surface area contributed by atoms with Crippen LogP contribution in [0.4, 0.5) is 10.7 Å². The van der Waals surface area contributed by atoms with Crippen LogP contribution in [0.1, 0.15) is 31.2 Å². The van der Waals surface area contributed by atoms with Gasteiger partial charge in [0.2, 0.25) is 5.88 Å². The molecule has 0 spiro atoms. The molecule has 4 N–H and O–H groups in total. The minimum atomic E-state index is -0.680. The zero-order valence-electron chi connectivity index (χ0n) is 15.8. The number of aromatic hydroxyl groups is 1. The van der Waals surface area contributed by atoms with Crippen LogP contribution in [-0.4, -0.2) is 40.3 Å². The molecule has 30 heavy (non-hydrogen) atoms. The maximum absolute atomic E-state index is 12.7. The summed E-state index contributed by atoms with van der Waals surface area (Å²) in [5, 5.41) is 12.8. The van der Waals surface area contributed by atoms with E-state index in [1.165, 1.54) is 7.11 Å². The van der Waals surface area contributed by atoms with Gasteiger partial charge in [-0.15, -0.1) is 11.3 Å². The van der Waals surface area contributed by atoms with Gasteiger partial charge in [0.15, 0.2) is 4.77 Å². The summed E-state index contributed by atoms with van der Waals surface area (Å²) < 4.78 is 4.76. The Morgan fingerprint density at radius 2 is 1.97 bits per heavy atom. The van der Waals surface area contributed by atoms with Crippen molar-refractivity contribution in [3.8, 4) is 5.88 Å². The summed E-state index contributed by atoms with van der Waals surface area (Å²) in [4.78, 5) is 46.1. The second-order valence-corrected chi connectivity index (χ2v) is 7.38. The first-order chi connectivity index (χ1) is 14.3. The first-order valence-electron chi connectivity index (χ1n) is 8.49. The summed E-state index contributed by atoms with van der Waals surface area (Å²) in [6.07, 6.45) is 1.08. The van der Waals surface area contributed by atoms with Gasteiger partial charge >= 0.3 is 5.97 Å². The lowest BCUT2D eigenvalue weighted by Crippen LogP contribution is -2.13. The molecule has 0 radical (unpaired) electrons. The molecule has 2 heterocycles. The number of hydrogen-bond acceptors (Lipinski definition) is 8. The lowest BCUT2D eigenvalue weighted by atomic mass is 10.1. The number of carbonyl (C=O) groups is 2. The number of aromatic nitrogens is 2. The van der Waals surface area contributed by atoms with Crippen LogP contribution in [-0.2, 0) is 4.74 Å². The number of aliphatic imine (C=N–C) groups is 1. The second-order valence-electron chi connectivity index (χ2n) is 5.98. The SMILES string of the molecule is COC(=O)c1c(/N=C/c2c(O)[nH]c(=S)[nH]c2=O)sc(C(=O)Nc2ccccc2)c1C. The normalized spacial score (nSPS) is 10.9. The first kappa shape index (κ1) is 21.1. The minimum absolute atomic E-state index is 0.0447. The summed E-state index contributed by atoms with van der Waals surface area (Å²) in [6.45, 7) is 1.60. The molecule has 0 saturated carbocycles. The van der Waals surface area contributed by atoms with Crippen LogP contribution in [0.3, 0.4) is 0 Å². The second kappa shape index (κ2) is 8.84. The van der Waals surface area contributed by atoms with Crippen LogP contribution >= 0.6 is 23.6 Å². The molecule has 11 heteroatoms. The number of anilines is 1. The highest BCUT2D eigenvalue weighted by Crippen LogP contribution is 2.36. The van der Waals surface area contributed by atoms with E-state index >= 15 is 0 Å². The van der Waals surface area contributed by atoms with Gasteiger partial charge in [0.05, 0.1) is 12.0 Å². The van der Waals surface area contributed by atoms with E-state index in [4.69, 9.17) is 17.0 Å². The lowest BCUT2D eigenvalue weighted by molar-refractivity contribution is 0.0601. The Morgan fingerprint density at radius 3 is 2.60 bits per heavy atom. The molecule has 154 valence electrons. The van der Waals surface area contributed by atoms with E-state index in [-0.39, 0.29) is 25.8 Å². The number of H-pyrrole nitrogens is 2. The molecule has 0 saturated heterocycles. The summed E-state index contributed by atoms with van der Waals surface area (Å²) >= 11 is 5.73. The number of benzene rings is 1. The molecule has 0 aliphatic rings. The average molecular weight is 444 g/mol. The van der Waals surface area contributed by atoms with Gasteiger partial charge < -0.3 is 20.1 Å². The number of aromatic amines is 2. The number of nitrogens with one attached hydrogen (secondary N) is 3. The maximum Gasteiger partial charge on any atom is 0.341 e. The van der Waals surface area contributed by atoms with Crippen molar-refractivity contribution in [2.75, 3.05) is 12.4 Å². The van der Waals surface area contributed by atoms with Crippen molar-refractivity contribution in [1.82, 2.24) is 9.97 Å². The number of rotatable bonds is 5. The van der Waals surface area contributed by atoms with Gasteiger partial charge in [-0.1, -0.05) is 18.2 Å². The molecule has 0 aliphatic heterocycles. The number of esters is 1. The van der Waals surface area contributed by atoms with E-state index in [1.54, 1.807) is 31.2 Å². The molecular formula is C19H16N4O5S2. The fraction of sp³-hybridized carbons (Fsp3) is 0.105. The van der Waals surface area contributed by atoms with Gasteiger partial charge in [0.25, 0.3) is 11.5 Å². The number of hydrogen-bond donors (Lipinski definition) is 4. The Balaban J connectivity index is 2.03. The highest BCUT2D eigenvalue weighted by Gasteiger charge is 2.25. The number of ether oxygens (including phenoxy) is 1. The first-order valence-corrected chi connectivity index (χ1v) is 9.72. The highest BCUT2D eigenvalue weighted by atomic mass is 32.1. The Morgan fingerprint density at radius 1 is 1.27 bits per heavy atom. The number of amides is 1. The van der Waals surface area contributed by atoms with Gasteiger partial charge in [-0.2, -0.15) is 0 Å². The van der Waals surface area contributed by atoms with Crippen LogP contribution < -0.4 is 10.9 Å². The summed E-state index contributed by atoms with van der Waals surface area (Å²) in [7, 11) is 1.21. The molecule has 3 aromatic rings. The van der Waals surface area contributed by atoms with Crippen LogP contribution in [0, 0.1) is 11.7 Å². The zero-order chi connectivity index (χ0) is 21.8. The van der Waals surface area contributed by atoms with Crippen molar-refractivity contribution in [2.45, 2.75) is 6.92 Å². The number of para-hydroxylation sites is 1. The summed E-state index contributed by atoms with van der Waals surface area (Å²) in [5.41, 5.74) is 0.237. The van der Waals surface area contributed by atoms with E-state index < -0.39 is 23.3 Å². The fourth-order valence-electron chi connectivity index (χ4n) is 2.58. The summed E-state index contributed by atoms with van der Waals surface area (Å²) in [6, 6.07) is 8.84. The molecule has 9 nitrogen and oxygen atoms in total. The predicted molar refractivity (Wildman–Crippen MR) is 116 cm³/mol. The predicted octanol–water partition coefficient (Wildman–Crippen LogP) is 3.30. The molecule has 1 amide bonds. The zero-order valence-corrected chi connectivity index (χ0v) is 17.4. The third-order valence-corrected chi connectivity index (χ3v) is 5.43. The molecule has 0 unspecified atom stereocenters. The van der Waals surface area contributed by atoms with Crippen molar-refractivity contribution >= 4 is 52.3 Å². The van der Waals surface area contributed by atoms with Crippen molar-refractivity contribution < 1.29 is 19.4 Å². The van der Waals surface area contributed by atoms with Gasteiger partial charge in [-0.25, -0.2) is 9.79 Å². The standard InChI is InChI=1S/C19H16N4O5S2/c1-9-12(18(27)28-2)17(20-8-11-14(24)22-19(29)23-15(11)25)30-13(9)16(26)21-10-6-4-3-5-7-10/h3-8H,1-2H3,(H,21,26)(H3,22,23,24,25,29)/b20-8+. The molecule has 1 aromatic carbocycles. The van der Waals surface area contributed by atoms with Gasteiger partial charge in [0, 0.05) is 11.9 Å². The van der Waals surface area contributed by atoms with Gasteiger partial charge in [-0.3, -0.25) is 14.6 Å². The lowest BCUT2D eigenvalue weighted by Gasteiger charge is -2.04. The number of nitrogens with zero attached hydrogens (tertiary/aromatic N) is 1. The summed E-state index contributed by atoms with van der Waals surface area (Å²) in [5.74, 6) is -1.57. The van der Waals surface area contributed by atoms with Gasteiger partial charge in [0.1, 0.15) is 16.1 Å². The monoisotopic (exact) mass is 444 g/mol. The molecular weight excluding hydrogens is 428 g/mol. The number of carbonyl (C=O) groups excluding carboxylic acids is 2. The molecule has 0 fully saturated rings. The molecule has 0 aliphatic carbocycles. The Kier molecular flexibility index (Phi) is 6.23. The smallest absolute Gasteiger partial charge is 0.341 e. The molecule has 0 atom stereocenters. The Hall–Kier alpha value is -3.57. The van der Waals surface area contributed by atoms with Gasteiger partial charge in [-0.05, 0) is 36.8 Å². The van der Waals surface area contributed by atoms with E-state index in [0.29, 0.717) is 11.3 Å². The quantitative estimate of drug-likeness (QED) is 0.271. The van der Waals surface area contributed by atoms with E-state index in [9.17, 15) is 19.5 Å². The average Bonchev–Trinajstić information content (AvgIpc) is 3.03. The van der Waals surface area contributed by atoms with E-state index in [0.717, 1.165) is 17.6 Å². The Bertz CT molecular complexity index is 1260. The Labute approximate surface area is 179 Å². The topological polar surface area (TPSA) is 137 Å². The molecule has 3 rings (SSSR count).